The van der Waals surface area contributed by atoms with Crippen LogP contribution < -0.4 is 25.8 Å². The van der Waals surface area contributed by atoms with Crippen molar-refractivity contribution in [2.45, 2.75) is 0 Å². The standard InChI is InChI=1S/C11H14N3S.Br2.BrH/c1-13(2)11-12-10(14(3)15-11)9-7-5-4-6-8-9;1-2;/h4-8H,1-3H3;;1H/q+1;;/p-1. The average molecular weight is 460 g/mol. The zero-order valence-electron chi connectivity index (χ0n) is 10.3. The third-order valence-corrected chi connectivity index (χ3v) is 3.20. The van der Waals surface area contributed by atoms with E-state index in [1.54, 1.807) is 11.5 Å². The van der Waals surface area contributed by atoms with E-state index in [-0.39, 0.29) is 17.0 Å². The fourth-order valence-electron chi connectivity index (χ4n) is 1.36. The number of halogens is 3. The molecule has 3 nitrogen and oxygen atoms in total. The van der Waals surface area contributed by atoms with Crippen molar-refractivity contribution in [3.8, 4) is 11.4 Å². The second-order valence-corrected chi connectivity index (χ2v) is 4.66. The summed E-state index contributed by atoms with van der Waals surface area (Å²) in [6, 6.07) is 10.2. The van der Waals surface area contributed by atoms with Gasteiger partial charge in [-0.2, -0.15) is 3.96 Å². The van der Waals surface area contributed by atoms with E-state index < -0.39 is 0 Å². The molecule has 18 heavy (non-hydrogen) atoms. The first-order valence-corrected chi connectivity index (χ1v) is 9.41. The molecule has 0 saturated heterocycles. The molecule has 0 fully saturated rings. The molecule has 0 saturated carbocycles. The predicted octanol–water partition coefficient (Wildman–Crippen LogP) is 0.396. The van der Waals surface area contributed by atoms with Crippen LogP contribution in [0.3, 0.4) is 0 Å². The van der Waals surface area contributed by atoms with Crippen LogP contribution in [0.5, 0.6) is 0 Å². The van der Waals surface area contributed by atoms with E-state index in [1.807, 2.05) is 44.2 Å². The van der Waals surface area contributed by atoms with Crippen LogP contribution in [0.1, 0.15) is 0 Å². The first-order valence-electron chi connectivity index (χ1n) is 4.93. The molecule has 0 amide bonds. The molecule has 100 valence electrons. The Balaban J connectivity index is 0.000000917. The molecule has 1 heterocycles. The highest BCUT2D eigenvalue weighted by Crippen LogP contribution is 2.19. The van der Waals surface area contributed by atoms with Gasteiger partial charge in [-0.25, -0.2) is 0 Å². The Morgan fingerprint density at radius 2 is 1.72 bits per heavy atom. The van der Waals surface area contributed by atoms with E-state index >= 15 is 0 Å². The molecule has 0 spiro atoms. The summed E-state index contributed by atoms with van der Waals surface area (Å²) in [5, 5.41) is 1.02. The van der Waals surface area contributed by atoms with Gasteiger partial charge >= 0.3 is 11.0 Å². The first kappa shape index (κ1) is 18.0. The van der Waals surface area contributed by atoms with Gasteiger partial charge < -0.3 is 21.9 Å². The van der Waals surface area contributed by atoms with E-state index in [9.17, 15) is 0 Å². The van der Waals surface area contributed by atoms with E-state index in [0.717, 1.165) is 16.5 Å². The molecule has 2 aromatic rings. The lowest BCUT2D eigenvalue weighted by Gasteiger charge is -1.98. The van der Waals surface area contributed by atoms with Crippen molar-refractivity contribution in [1.29, 1.82) is 0 Å². The van der Waals surface area contributed by atoms with Crippen molar-refractivity contribution < 1.29 is 20.9 Å². The number of hydrogen-bond acceptors (Lipinski definition) is 3. The highest BCUT2D eigenvalue weighted by Gasteiger charge is 2.20. The molecule has 0 aliphatic heterocycles. The molecule has 7 heteroatoms. The smallest absolute Gasteiger partial charge is 0.345 e. The zero-order chi connectivity index (χ0) is 12.8. The third kappa shape index (κ3) is 4.60. The van der Waals surface area contributed by atoms with Crippen LogP contribution in [0.25, 0.3) is 11.4 Å². The van der Waals surface area contributed by atoms with Gasteiger partial charge in [0, 0.05) is 42.4 Å². The van der Waals surface area contributed by atoms with E-state index in [1.165, 1.54) is 0 Å². The molecule has 0 N–H and O–H groups in total. The van der Waals surface area contributed by atoms with Crippen LogP contribution in [0, 0.1) is 0 Å². The van der Waals surface area contributed by atoms with Gasteiger partial charge in [-0.1, -0.05) is 18.2 Å². The van der Waals surface area contributed by atoms with E-state index in [4.69, 9.17) is 0 Å². The number of hydrogen-bond donors (Lipinski definition) is 0. The van der Waals surface area contributed by atoms with Crippen molar-refractivity contribution in [2.24, 2.45) is 7.05 Å². The normalized spacial score (nSPS) is 8.94. The molecule has 1 aromatic heterocycles. The van der Waals surface area contributed by atoms with Crippen LogP contribution in [0.2, 0.25) is 0 Å². The molecule has 0 radical (unpaired) electrons. The average Bonchev–Trinajstić information content (AvgIpc) is 2.75. The van der Waals surface area contributed by atoms with Crippen LogP contribution in [0.4, 0.5) is 5.13 Å². The maximum absolute atomic E-state index is 4.59. The number of anilines is 1. The van der Waals surface area contributed by atoms with Crippen molar-refractivity contribution in [3.63, 3.8) is 0 Å². The number of aromatic nitrogens is 2. The quantitative estimate of drug-likeness (QED) is 0.606. The van der Waals surface area contributed by atoms with Gasteiger partial charge in [0.2, 0.25) is 0 Å². The minimum absolute atomic E-state index is 0. The highest BCUT2D eigenvalue weighted by molar-refractivity contribution is 9.93. The summed E-state index contributed by atoms with van der Waals surface area (Å²) in [6.07, 6.45) is 0. The minimum Gasteiger partial charge on any atom is -1.00 e. The molecular weight excluding hydrogens is 446 g/mol. The topological polar surface area (TPSA) is 20.0 Å². The Bertz CT molecular complexity index is 460. The highest BCUT2D eigenvalue weighted by atomic mass is 80.9. The van der Waals surface area contributed by atoms with Gasteiger partial charge in [0.1, 0.15) is 11.5 Å². The van der Waals surface area contributed by atoms with Gasteiger partial charge in [0.15, 0.2) is 0 Å². The fraction of sp³-hybridized carbons (Fsp3) is 0.273. The largest absolute Gasteiger partial charge is 1.00 e. The summed E-state index contributed by atoms with van der Waals surface area (Å²) in [5.74, 6) is 1.02. The number of aryl methyl sites for hydroxylation is 1. The summed E-state index contributed by atoms with van der Waals surface area (Å²) < 4.78 is 2.09. The van der Waals surface area contributed by atoms with E-state index in [2.05, 4.69) is 49.3 Å². The molecular formula is C11H14Br3N3S. The summed E-state index contributed by atoms with van der Waals surface area (Å²) in [4.78, 5) is 6.61. The van der Waals surface area contributed by atoms with Gasteiger partial charge in [0.25, 0.3) is 0 Å². The monoisotopic (exact) mass is 457 g/mol. The Morgan fingerprint density at radius 3 is 2.17 bits per heavy atom. The van der Waals surface area contributed by atoms with Crippen LogP contribution in [-0.4, -0.2) is 19.1 Å². The second kappa shape index (κ2) is 9.01. The Hall–Kier alpha value is 0.0200. The van der Waals surface area contributed by atoms with Crippen molar-refractivity contribution >= 4 is 44.9 Å². The van der Waals surface area contributed by atoms with Crippen LogP contribution >= 0.6 is 39.8 Å². The molecule has 0 aliphatic rings. The fourth-order valence-corrected chi connectivity index (χ4v) is 2.13. The Kier molecular flexibility index (Phi) is 9.02. The van der Waals surface area contributed by atoms with Gasteiger partial charge in [-0.3, -0.25) is 0 Å². The number of benzene rings is 1. The number of rotatable bonds is 2. The Labute approximate surface area is 138 Å². The van der Waals surface area contributed by atoms with Crippen molar-refractivity contribution in [1.82, 2.24) is 4.98 Å². The molecule has 2 rings (SSSR count). The predicted molar refractivity (Wildman–Crippen MR) is 80.9 cm³/mol. The summed E-state index contributed by atoms with van der Waals surface area (Å²) in [5.41, 5.74) is 1.16. The lowest BCUT2D eigenvalue weighted by Crippen LogP contribution is -3.00. The summed E-state index contributed by atoms with van der Waals surface area (Å²) >= 11 is 7.15. The van der Waals surface area contributed by atoms with Gasteiger partial charge in [-0.05, 0) is 17.1 Å². The molecule has 1 aromatic carbocycles. The molecule has 0 atom stereocenters. The summed E-state index contributed by atoms with van der Waals surface area (Å²) in [6.45, 7) is 0. The minimum atomic E-state index is 0. The zero-order valence-corrected chi connectivity index (χ0v) is 15.8. The maximum atomic E-state index is 4.59. The summed E-state index contributed by atoms with van der Waals surface area (Å²) in [7, 11) is 6.05. The number of nitrogens with zero attached hydrogens (tertiary/aromatic N) is 3. The van der Waals surface area contributed by atoms with Gasteiger partial charge in [-0.15, -0.1) is 0 Å². The maximum Gasteiger partial charge on any atom is 0.345 e. The van der Waals surface area contributed by atoms with E-state index in [0.29, 0.717) is 0 Å². The van der Waals surface area contributed by atoms with Crippen molar-refractivity contribution in [3.05, 3.63) is 30.3 Å². The van der Waals surface area contributed by atoms with Crippen LogP contribution in [-0.2, 0) is 7.05 Å². The molecule has 0 bridgehead atoms. The molecule has 0 unspecified atom stereocenters. The second-order valence-electron chi connectivity index (χ2n) is 3.57. The van der Waals surface area contributed by atoms with Crippen molar-refractivity contribution in [2.75, 3.05) is 19.0 Å². The molecule has 0 aliphatic carbocycles. The lowest BCUT2D eigenvalue weighted by molar-refractivity contribution is -0.591. The van der Waals surface area contributed by atoms with Crippen LogP contribution in [0.15, 0.2) is 30.3 Å². The lowest BCUT2D eigenvalue weighted by atomic mass is 10.2. The SMILES string of the molecule is BrBr.CN(C)c1nc(-c2ccccc2)[n+](C)s1.[Br-]. The first-order chi connectivity index (χ1) is 8.18. The Morgan fingerprint density at radius 1 is 1.17 bits per heavy atom. The third-order valence-electron chi connectivity index (χ3n) is 2.13. The van der Waals surface area contributed by atoms with Gasteiger partial charge in [0.05, 0.1) is 12.6 Å².